The Morgan fingerprint density at radius 1 is 1.50 bits per heavy atom. The number of nitrogens with two attached hydrogens (primary N) is 1. The van der Waals surface area contributed by atoms with Gasteiger partial charge in [0.2, 0.25) is 11.9 Å². The number of aromatic nitrogens is 5. The largest absolute Gasteiger partial charge is 0.368 e. The number of rotatable bonds is 4. The normalized spacial score (nSPS) is 10.3. The molecule has 14 heavy (non-hydrogen) atoms. The fraction of sp³-hybridized carbons (Fsp3) is 0.286. The van der Waals surface area contributed by atoms with Crippen LogP contribution in [0.1, 0.15) is 5.69 Å². The lowest BCUT2D eigenvalue weighted by Crippen LogP contribution is -2.06. The van der Waals surface area contributed by atoms with E-state index < -0.39 is 0 Å². The highest BCUT2D eigenvalue weighted by Gasteiger charge is 1.98. The summed E-state index contributed by atoms with van der Waals surface area (Å²) in [6.07, 6.45) is 4.28. The van der Waals surface area contributed by atoms with E-state index in [1.54, 1.807) is 12.5 Å². The van der Waals surface area contributed by atoms with E-state index in [-0.39, 0.29) is 0 Å². The number of hydrogen-bond acceptors (Lipinski definition) is 5. The van der Waals surface area contributed by atoms with Crippen molar-refractivity contribution in [2.24, 2.45) is 0 Å². The fourth-order valence-corrected chi connectivity index (χ4v) is 1.08. The number of anilines is 2. The Hall–Kier alpha value is -2.05. The van der Waals surface area contributed by atoms with Crippen LogP contribution in [0, 0.1) is 0 Å². The molecule has 2 aromatic heterocycles. The Balaban J connectivity index is 1.78. The fourth-order valence-electron chi connectivity index (χ4n) is 1.08. The molecule has 5 N–H and O–H groups in total. The third-order valence-corrected chi connectivity index (χ3v) is 1.74. The monoisotopic (exact) mass is 193 g/mol. The highest BCUT2D eigenvalue weighted by atomic mass is 15.3. The molecule has 0 bridgehead atoms. The molecule has 0 aliphatic heterocycles. The first-order chi connectivity index (χ1) is 6.84. The predicted molar refractivity (Wildman–Crippen MR) is 51.6 cm³/mol. The van der Waals surface area contributed by atoms with Crippen molar-refractivity contribution >= 4 is 11.9 Å². The molecule has 74 valence electrons. The molecule has 0 amide bonds. The van der Waals surface area contributed by atoms with E-state index in [1.807, 2.05) is 0 Å². The van der Waals surface area contributed by atoms with Gasteiger partial charge in [0.15, 0.2) is 0 Å². The lowest BCUT2D eigenvalue weighted by atomic mass is 10.3. The first-order valence-electron chi connectivity index (χ1n) is 4.23. The van der Waals surface area contributed by atoms with Gasteiger partial charge in [0, 0.05) is 24.9 Å². The van der Waals surface area contributed by atoms with Crippen LogP contribution >= 0.6 is 0 Å². The van der Waals surface area contributed by atoms with E-state index in [0.29, 0.717) is 11.9 Å². The summed E-state index contributed by atoms with van der Waals surface area (Å²) in [7, 11) is 0. The standard InChI is InChI=1S/C7H11N7/c8-6-12-7(14-13-6)10-2-1-5-3-9-4-11-5/h3-4H,1-2H2,(H,9,11)(H4,8,10,12,13,14). The predicted octanol–water partition coefficient (Wildman–Crippen LogP) is -0.235. The lowest BCUT2D eigenvalue weighted by Gasteiger charge is -1.98. The summed E-state index contributed by atoms with van der Waals surface area (Å²) in [5.74, 6) is 0.830. The summed E-state index contributed by atoms with van der Waals surface area (Å²) >= 11 is 0. The molecule has 7 nitrogen and oxygen atoms in total. The number of H-pyrrole nitrogens is 2. The minimum absolute atomic E-state index is 0.314. The van der Waals surface area contributed by atoms with Gasteiger partial charge < -0.3 is 16.0 Å². The van der Waals surface area contributed by atoms with Gasteiger partial charge in [-0.1, -0.05) is 0 Å². The lowest BCUT2D eigenvalue weighted by molar-refractivity contribution is 0.954. The summed E-state index contributed by atoms with van der Waals surface area (Å²) in [5.41, 5.74) is 6.43. The summed E-state index contributed by atoms with van der Waals surface area (Å²) in [6, 6.07) is 0. The average molecular weight is 193 g/mol. The van der Waals surface area contributed by atoms with Gasteiger partial charge in [-0.15, -0.1) is 5.10 Å². The molecule has 0 radical (unpaired) electrons. The molecule has 0 aliphatic carbocycles. The maximum absolute atomic E-state index is 5.36. The van der Waals surface area contributed by atoms with Gasteiger partial charge in [-0.3, -0.25) is 0 Å². The molecule has 2 heterocycles. The molecule has 0 spiro atoms. The Morgan fingerprint density at radius 3 is 3.07 bits per heavy atom. The van der Waals surface area contributed by atoms with Crippen molar-refractivity contribution in [2.45, 2.75) is 6.42 Å². The van der Waals surface area contributed by atoms with Gasteiger partial charge in [-0.05, 0) is 0 Å². The van der Waals surface area contributed by atoms with E-state index in [4.69, 9.17) is 5.73 Å². The molecule has 0 aliphatic rings. The Morgan fingerprint density at radius 2 is 2.43 bits per heavy atom. The molecule has 0 saturated carbocycles. The van der Waals surface area contributed by atoms with E-state index >= 15 is 0 Å². The summed E-state index contributed by atoms with van der Waals surface area (Å²) in [4.78, 5) is 10.8. The maximum Gasteiger partial charge on any atom is 0.243 e. The van der Waals surface area contributed by atoms with E-state index in [2.05, 4.69) is 30.5 Å². The second-order valence-corrected chi connectivity index (χ2v) is 2.80. The van der Waals surface area contributed by atoms with Gasteiger partial charge in [0.25, 0.3) is 0 Å². The van der Waals surface area contributed by atoms with Gasteiger partial charge in [0.05, 0.1) is 6.33 Å². The van der Waals surface area contributed by atoms with Crippen molar-refractivity contribution in [3.63, 3.8) is 0 Å². The Bertz CT molecular complexity index is 376. The number of aromatic amines is 2. The van der Waals surface area contributed by atoms with Crippen molar-refractivity contribution in [3.8, 4) is 0 Å². The van der Waals surface area contributed by atoms with Crippen molar-refractivity contribution in [2.75, 3.05) is 17.6 Å². The highest BCUT2D eigenvalue weighted by molar-refractivity contribution is 5.29. The van der Waals surface area contributed by atoms with Crippen LogP contribution in [0.4, 0.5) is 11.9 Å². The number of nitrogens with one attached hydrogen (secondary N) is 3. The molecule has 0 fully saturated rings. The van der Waals surface area contributed by atoms with Crippen molar-refractivity contribution < 1.29 is 0 Å². The van der Waals surface area contributed by atoms with E-state index in [1.165, 1.54) is 0 Å². The molecular weight excluding hydrogens is 182 g/mol. The summed E-state index contributed by atoms with van der Waals surface area (Å²) < 4.78 is 0. The Labute approximate surface area is 80.2 Å². The van der Waals surface area contributed by atoms with Gasteiger partial charge in [0.1, 0.15) is 0 Å². The minimum Gasteiger partial charge on any atom is -0.368 e. The maximum atomic E-state index is 5.36. The number of imidazole rings is 1. The van der Waals surface area contributed by atoms with Crippen LogP contribution in [0.5, 0.6) is 0 Å². The molecule has 0 atom stereocenters. The molecule has 2 aromatic rings. The SMILES string of the molecule is Nc1nc(NCCc2cnc[nH]2)n[nH]1. The second kappa shape index (κ2) is 3.77. The smallest absolute Gasteiger partial charge is 0.243 e. The summed E-state index contributed by atoms with van der Waals surface area (Å²) in [5, 5.41) is 9.41. The zero-order valence-corrected chi connectivity index (χ0v) is 7.49. The number of nitrogen functional groups attached to an aromatic ring is 1. The first-order valence-corrected chi connectivity index (χ1v) is 4.23. The van der Waals surface area contributed by atoms with Crippen LogP contribution < -0.4 is 11.1 Å². The van der Waals surface area contributed by atoms with Crippen LogP contribution in [0.2, 0.25) is 0 Å². The van der Waals surface area contributed by atoms with Crippen molar-refractivity contribution in [1.29, 1.82) is 0 Å². The van der Waals surface area contributed by atoms with Crippen LogP contribution in [0.15, 0.2) is 12.5 Å². The Kier molecular flexibility index (Phi) is 2.30. The van der Waals surface area contributed by atoms with Crippen LogP contribution in [-0.4, -0.2) is 31.7 Å². The minimum atomic E-state index is 0.314. The average Bonchev–Trinajstić information content (AvgIpc) is 2.77. The molecular formula is C7H11N7. The summed E-state index contributed by atoms with van der Waals surface area (Å²) in [6.45, 7) is 0.736. The van der Waals surface area contributed by atoms with Gasteiger partial charge >= 0.3 is 0 Å². The second-order valence-electron chi connectivity index (χ2n) is 2.80. The molecule has 0 saturated heterocycles. The van der Waals surface area contributed by atoms with Crippen LogP contribution in [0.25, 0.3) is 0 Å². The molecule has 7 heteroatoms. The van der Waals surface area contributed by atoms with Crippen molar-refractivity contribution in [1.82, 2.24) is 25.1 Å². The van der Waals surface area contributed by atoms with E-state index in [9.17, 15) is 0 Å². The molecule has 2 rings (SSSR count). The third kappa shape index (κ3) is 2.00. The quantitative estimate of drug-likeness (QED) is 0.536. The first kappa shape index (κ1) is 8.54. The number of hydrogen-bond donors (Lipinski definition) is 4. The molecule has 0 aromatic carbocycles. The van der Waals surface area contributed by atoms with Crippen molar-refractivity contribution in [3.05, 3.63) is 18.2 Å². The number of nitrogens with zero attached hydrogens (tertiary/aromatic N) is 3. The zero-order valence-electron chi connectivity index (χ0n) is 7.49. The van der Waals surface area contributed by atoms with Crippen LogP contribution in [-0.2, 0) is 6.42 Å². The molecule has 0 unspecified atom stereocenters. The van der Waals surface area contributed by atoms with Crippen LogP contribution in [0.3, 0.4) is 0 Å². The van der Waals surface area contributed by atoms with Gasteiger partial charge in [-0.25, -0.2) is 10.1 Å². The third-order valence-electron chi connectivity index (χ3n) is 1.74. The van der Waals surface area contributed by atoms with Gasteiger partial charge in [-0.2, -0.15) is 4.98 Å². The van der Waals surface area contributed by atoms with E-state index in [0.717, 1.165) is 18.7 Å². The highest BCUT2D eigenvalue weighted by Crippen LogP contribution is 1.99. The topological polar surface area (TPSA) is 108 Å². The zero-order chi connectivity index (χ0) is 9.80.